The van der Waals surface area contributed by atoms with Gasteiger partial charge >= 0.3 is 6.01 Å². The van der Waals surface area contributed by atoms with Gasteiger partial charge in [-0.15, -0.1) is 0 Å². The first-order valence-electron chi connectivity index (χ1n) is 6.74. The lowest BCUT2D eigenvalue weighted by atomic mass is 10.1. The Balaban J connectivity index is 2.14. The quantitative estimate of drug-likeness (QED) is 0.549. The first-order chi connectivity index (χ1) is 9.08. The van der Waals surface area contributed by atoms with Crippen LogP contribution in [0.1, 0.15) is 40.0 Å². The summed E-state index contributed by atoms with van der Waals surface area (Å²) >= 11 is 0. The molecule has 0 aromatic carbocycles. The van der Waals surface area contributed by atoms with Crippen molar-refractivity contribution in [2.24, 2.45) is 11.8 Å². The van der Waals surface area contributed by atoms with Crippen LogP contribution in [0.3, 0.4) is 0 Å². The van der Waals surface area contributed by atoms with Gasteiger partial charge < -0.3 is 10.1 Å². The van der Waals surface area contributed by atoms with Crippen molar-refractivity contribution < 1.29 is 4.74 Å². The molecule has 1 aliphatic rings. The minimum absolute atomic E-state index is 0.00581. The van der Waals surface area contributed by atoms with Crippen molar-refractivity contribution in [3.8, 4) is 6.01 Å². The molecular formula is C12H22N6O. The summed E-state index contributed by atoms with van der Waals surface area (Å²) in [4.78, 5) is 12.5. The molecule has 0 radical (unpaired) electrons. The second-order valence-electron chi connectivity index (χ2n) is 5.24. The van der Waals surface area contributed by atoms with Crippen LogP contribution < -0.4 is 21.3 Å². The number of nitrogens with two attached hydrogens (primary N) is 1. The van der Waals surface area contributed by atoms with Crippen LogP contribution in [-0.2, 0) is 0 Å². The van der Waals surface area contributed by atoms with E-state index in [2.05, 4.69) is 32.6 Å². The van der Waals surface area contributed by atoms with Gasteiger partial charge in [0.15, 0.2) is 0 Å². The zero-order valence-electron chi connectivity index (χ0n) is 11.7. The molecule has 1 aliphatic carbocycles. The Kier molecular flexibility index (Phi) is 4.36. The van der Waals surface area contributed by atoms with Gasteiger partial charge in [-0.05, 0) is 32.6 Å². The number of nitrogens with one attached hydrogen (secondary N) is 2. The van der Waals surface area contributed by atoms with E-state index in [1.54, 1.807) is 0 Å². The minimum Gasteiger partial charge on any atom is -0.461 e. The SMILES string of the molecule is CC(C)Oc1nc(NN)nc(NC2CCCC2C)n1. The number of hydrogen-bond donors (Lipinski definition) is 3. The van der Waals surface area contributed by atoms with E-state index in [0.717, 1.165) is 6.42 Å². The number of anilines is 2. The molecule has 2 atom stereocenters. The summed E-state index contributed by atoms with van der Waals surface area (Å²) in [6.45, 7) is 6.08. The third-order valence-electron chi connectivity index (χ3n) is 3.26. The Bertz CT molecular complexity index is 425. The van der Waals surface area contributed by atoms with E-state index in [9.17, 15) is 0 Å². The Labute approximate surface area is 113 Å². The molecule has 0 saturated heterocycles. The van der Waals surface area contributed by atoms with Gasteiger partial charge in [0.05, 0.1) is 6.10 Å². The smallest absolute Gasteiger partial charge is 0.323 e. The van der Waals surface area contributed by atoms with Gasteiger partial charge in [0.25, 0.3) is 0 Å². The van der Waals surface area contributed by atoms with Gasteiger partial charge in [0.2, 0.25) is 11.9 Å². The van der Waals surface area contributed by atoms with Gasteiger partial charge in [0.1, 0.15) is 0 Å². The zero-order chi connectivity index (χ0) is 13.8. The second kappa shape index (κ2) is 6.01. The van der Waals surface area contributed by atoms with Crippen molar-refractivity contribution in [3.63, 3.8) is 0 Å². The highest BCUT2D eigenvalue weighted by Crippen LogP contribution is 2.27. The largest absolute Gasteiger partial charge is 0.461 e. The van der Waals surface area contributed by atoms with E-state index in [1.807, 2.05) is 13.8 Å². The van der Waals surface area contributed by atoms with Crippen LogP contribution >= 0.6 is 0 Å². The molecule has 0 bridgehead atoms. The molecular weight excluding hydrogens is 244 g/mol. The molecule has 2 unspecified atom stereocenters. The lowest BCUT2D eigenvalue weighted by molar-refractivity contribution is 0.222. The van der Waals surface area contributed by atoms with Gasteiger partial charge in [-0.3, -0.25) is 5.43 Å². The van der Waals surface area contributed by atoms with Crippen LogP contribution in [0.2, 0.25) is 0 Å². The van der Waals surface area contributed by atoms with Crippen molar-refractivity contribution in [1.82, 2.24) is 15.0 Å². The summed E-state index contributed by atoms with van der Waals surface area (Å²) in [7, 11) is 0. The fourth-order valence-corrected chi connectivity index (χ4v) is 2.27. The Morgan fingerprint density at radius 3 is 2.53 bits per heavy atom. The van der Waals surface area contributed by atoms with Gasteiger partial charge in [0, 0.05) is 6.04 Å². The molecule has 7 heteroatoms. The standard InChI is InChI=1S/C12H22N6O/c1-7(2)19-12-16-10(15-11(17-12)18-13)14-9-6-4-5-8(9)3/h7-9H,4-6,13H2,1-3H3,(H2,14,15,16,17,18). The van der Waals surface area contributed by atoms with Crippen LogP contribution in [-0.4, -0.2) is 27.1 Å². The van der Waals surface area contributed by atoms with Crippen molar-refractivity contribution in [3.05, 3.63) is 0 Å². The summed E-state index contributed by atoms with van der Waals surface area (Å²) in [6.07, 6.45) is 3.62. The summed E-state index contributed by atoms with van der Waals surface area (Å²) in [5.41, 5.74) is 2.43. The summed E-state index contributed by atoms with van der Waals surface area (Å²) in [6, 6.07) is 0.686. The molecule has 1 aromatic rings. The molecule has 4 N–H and O–H groups in total. The number of ether oxygens (including phenoxy) is 1. The fraction of sp³-hybridized carbons (Fsp3) is 0.750. The van der Waals surface area contributed by atoms with Gasteiger partial charge in [-0.1, -0.05) is 13.3 Å². The molecule has 1 heterocycles. The number of nitrogens with zero attached hydrogens (tertiary/aromatic N) is 3. The predicted octanol–water partition coefficient (Wildman–Crippen LogP) is 1.54. The van der Waals surface area contributed by atoms with E-state index in [-0.39, 0.29) is 12.1 Å². The topological polar surface area (TPSA) is 98.0 Å². The molecule has 1 aromatic heterocycles. The van der Waals surface area contributed by atoms with Crippen LogP contribution in [0.4, 0.5) is 11.9 Å². The molecule has 7 nitrogen and oxygen atoms in total. The van der Waals surface area contributed by atoms with Crippen LogP contribution in [0, 0.1) is 5.92 Å². The summed E-state index contributed by atoms with van der Waals surface area (Å²) < 4.78 is 5.49. The lowest BCUT2D eigenvalue weighted by Crippen LogP contribution is -2.24. The molecule has 1 saturated carbocycles. The van der Waals surface area contributed by atoms with E-state index < -0.39 is 0 Å². The Morgan fingerprint density at radius 1 is 1.21 bits per heavy atom. The predicted molar refractivity (Wildman–Crippen MR) is 73.8 cm³/mol. The van der Waals surface area contributed by atoms with Crippen molar-refractivity contribution in [2.45, 2.75) is 52.2 Å². The van der Waals surface area contributed by atoms with E-state index in [4.69, 9.17) is 10.6 Å². The monoisotopic (exact) mass is 266 g/mol. The summed E-state index contributed by atoms with van der Waals surface area (Å²) in [5.74, 6) is 6.81. The van der Waals surface area contributed by atoms with E-state index >= 15 is 0 Å². The highest BCUT2D eigenvalue weighted by molar-refractivity contribution is 5.36. The molecule has 0 amide bonds. The average Bonchev–Trinajstić information content (AvgIpc) is 2.74. The van der Waals surface area contributed by atoms with E-state index in [1.165, 1.54) is 12.8 Å². The first kappa shape index (κ1) is 13.8. The third kappa shape index (κ3) is 3.66. The number of rotatable bonds is 5. The molecule has 106 valence electrons. The van der Waals surface area contributed by atoms with Crippen LogP contribution in [0.25, 0.3) is 0 Å². The highest BCUT2D eigenvalue weighted by atomic mass is 16.5. The van der Waals surface area contributed by atoms with E-state index in [0.29, 0.717) is 23.9 Å². The Hall–Kier alpha value is -1.63. The van der Waals surface area contributed by atoms with Crippen molar-refractivity contribution in [2.75, 3.05) is 10.7 Å². The molecule has 0 spiro atoms. The normalized spacial score (nSPS) is 22.6. The average molecular weight is 266 g/mol. The number of nitrogen functional groups attached to an aromatic ring is 1. The number of hydrogen-bond acceptors (Lipinski definition) is 7. The summed E-state index contributed by atoms with van der Waals surface area (Å²) in [5, 5.41) is 3.34. The maximum absolute atomic E-state index is 5.49. The number of hydrazine groups is 1. The third-order valence-corrected chi connectivity index (χ3v) is 3.26. The lowest BCUT2D eigenvalue weighted by Gasteiger charge is -2.18. The molecule has 2 rings (SSSR count). The number of aromatic nitrogens is 3. The van der Waals surface area contributed by atoms with Crippen molar-refractivity contribution in [1.29, 1.82) is 0 Å². The molecule has 19 heavy (non-hydrogen) atoms. The zero-order valence-corrected chi connectivity index (χ0v) is 11.7. The molecule has 1 fully saturated rings. The highest BCUT2D eigenvalue weighted by Gasteiger charge is 2.24. The van der Waals surface area contributed by atoms with Crippen LogP contribution in [0.5, 0.6) is 6.01 Å². The maximum atomic E-state index is 5.49. The van der Waals surface area contributed by atoms with Gasteiger partial charge in [-0.2, -0.15) is 15.0 Å². The van der Waals surface area contributed by atoms with Crippen LogP contribution in [0.15, 0.2) is 0 Å². The van der Waals surface area contributed by atoms with Gasteiger partial charge in [-0.25, -0.2) is 5.84 Å². The van der Waals surface area contributed by atoms with Crippen molar-refractivity contribution >= 4 is 11.9 Å². The first-order valence-corrected chi connectivity index (χ1v) is 6.74. The minimum atomic E-state index is 0.00581. The molecule has 0 aliphatic heterocycles. The second-order valence-corrected chi connectivity index (χ2v) is 5.24. The maximum Gasteiger partial charge on any atom is 0.323 e. The fourth-order valence-electron chi connectivity index (χ4n) is 2.27. The Morgan fingerprint density at radius 2 is 1.95 bits per heavy atom.